The Morgan fingerprint density at radius 3 is 2.70 bits per heavy atom. The summed E-state index contributed by atoms with van der Waals surface area (Å²) in [7, 11) is 0. The fraction of sp³-hybridized carbons (Fsp3) is 0.231. The van der Waals surface area contributed by atoms with Gasteiger partial charge < -0.3 is 10.1 Å². The van der Waals surface area contributed by atoms with E-state index in [1.807, 2.05) is 0 Å². The lowest BCUT2D eigenvalue weighted by molar-refractivity contribution is -0.116. The number of H-pyrrole nitrogens is 2. The monoisotopic (exact) mass is 275 g/mol. The molecular weight excluding hydrogens is 262 g/mol. The van der Waals surface area contributed by atoms with E-state index in [0.717, 1.165) is 6.29 Å². The van der Waals surface area contributed by atoms with Crippen molar-refractivity contribution in [2.75, 3.05) is 5.32 Å². The normalized spacial score (nSPS) is 10.4. The Hall–Kier alpha value is -2.70. The van der Waals surface area contributed by atoms with Crippen molar-refractivity contribution in [3.8, 4) is 0 Å². The molecule has 1 amide bonds. The molecule has 2 rings (SSSR count). The van der Waals surface area contributed by atoms with Crippen LogP contribution in [0.4, 0.5) is 5.69 Å². The number of anilines is 1. The Morgan fingerprint density at radius 1 is 1.20 bits per heavy atom. The largest absolute Gasteiger partial charge is 0.325 e. The molecule has 0 fully saturated rings. The Bertz CT molecular complexity index is 760. The van der Waals surface area contributed by atoms with Crippen LogP contribution in [0.1, 0.15) is 19.3 Å². The summed E-state index contributed by atoms with van der Waals surface area (Å²) in [5.74, 6) is -0.306. The molecule has 0 aliphatic rings. The first-order valence-electron chi connectivity index (χ1n) is 6.10. The van der Waals surface area contributed by atoms with E-state index in [1.54, 1.807) is 12.1 Å². The second-order valence-corrected chi connectivity index (χ2v) is 4.24. The molecule has 0 aliphatic carbocycles. The van der Waals surface area contributed by atoms with E-state index in [0.29, 0.717) is 12.8 Å². The molecule has 0 bridgehead atoms. The standard InChI is InChI=1S/C13H13N3O4/c17-7-2-1-6-10(18)14-9-5-3-4-8-11(9)13(20)16-15-12(8)19/h3-5,7H,1-2,6H2,(H,14,18)(H,15,19)(H,16,20). The number of aromatic nitrogens is 2. The van der Waals surface area contributed by atoms with Crippen LogP contribution in [-0.4, -0.2) is 22.4 Å². The number of hydrogen-bond acceptors (Lipinski definition) is 4. The van der Waals surface area contributed by atoms with Gasteiger partial charge in [-0.3, -0.25) is 24.6 Å². The van der Waals surface area contributed by atoms with Gasteiger partial charge in [-0.25, -0.2) is 0 Å². The lowest BCUT2D eigenvalue weighted by Crippen LogP contribution is -2.21. The molecule has 7 heteroatoms. The van der Waals surface area contributed by atoms with Gasteiger partial charge in [-0.05, 0) is 18.6 Å². The average molecular weight is 275 g/mol. The second-order valence-electron chi connectivity index (χ2n) is 4.24. The minimum atomic E-state index is -0.483. The molecule has 0 saturated heterocycles. The highest BCUT2D eigenvalue weighted by atomic mass is 16.2. The van der Waals surface area contributed by atoms with Crippen molar-refractivity contribution in [2.45, 2.75) is 19.3 Å². The minimum absolute atomic E-state index is 0.139. The van der Waals surface area contributed by atoms with E-state index in [1.165, 1.54) is 6.07 Å². The number of benzene rings is 1. The summed E-state index contributed by atoms with van der Waals surface area (Å²) in [6, 6.07) is 4.64. The summed E-state index contributed by atoms with van der Waals surface area (Å²) in [6.07, 6.45) is 1.67. The molecule has 2 aromatic rings. The fourth-order valence-electron chi connectivity index (χ4n) is 1.89. The summed E-state index contributed by atoms with van der Waals surface area (Å²) in [4.78, 5) is 45.3. The predicted molar refractivity (Wildman–Crippen MR) is 73.7 cm³/mol. The Labute approximate surface area is 113 Å². The quantitative estimate of drug-likeness (QED) is 0.545. The number of unbranched alkanes of at least 4 members (excludes halogenated alkanes) is 1. The fourth-order valence-corrected chi connectivity index (χ4v) is 1.89. The number of amides is 1. The zero-order valence-corrected chi connectivity index (χ0v) is 10.6. The molecule has 20 heavy (non-hydrogen) atoms. The van der Waals surface area contributed by atoms with Gasteiger partial charge in [0.25, 0.3) is 11.1 Å². The average Bonchev–Trinajstić information content (AvgIpc) is 2.43. The Kier molecular flexibility index (Phi) is 4.09. The van der Waals surface area contributed by atoms with Gasteiger partial charge in [0.15, 0.2) is 0 Å². The van der Waals surface area contributed by atoms with Gasteiger partial charge >= 0.3 is 0 Å². The van der Waals surface area contributed by atoms with Crippen LogP contribution in [0.15, 0.2) is 27.8 Å². The zero-order chi connectivity index (χ0) is 14.5. The Balaban J connectivity index is 2.33. The van der Waals surface area contributed by atoms with Gasteiger partial charge in [-0.15, -0.1) is 0 Å². The maximum Gasteiger partial charge on any atom is 0.272 e. The van der Waals surface area contributed by atoms with Crippen LogP contribution in [0, 0.1) is 0 Å². The first-order chi connectivity index (χ1) is 9.63. The highest BCUT2D eigenvalue weighted by Gasteiger charge is 2.10. The van der Waals surface area contributed by atoms with E-state index in [9.17, 15) is 19.2 Å². The lowest BCUT2D eigenvalue weighted by Gasteiger charge is -2.07. The number of aromatic amines is 2. The van der Waals surface area contributed by atoms with Crippen molar-refractivity contribution >= 4 is 28.7 Å². The van der Waals surface area contributed by atoms with Crippen molar-refractivity contribution in [3.05, 3.63) is 38.9 Å². The third-order valence-corrected chi connectivity index (χ3v) is 2.83. The summed E-state index contributed by atoms with van der Waals surface area (Å²) in [5, 5.41) is 7.37. The number of carbonyl (C=O) groups is 2. The highest BCUT2D eigenvalue weighted by molar-refractivity contribution is 6.01. The number of rotatable bonds is 5. The molecular formula is C13H13N3O4. The van der Waals surface area contributed by atoms with Gasteiger partial charge in [-0.1, -0.05) is 6.07 Å². The summed E-state index contributed by atoms with van der Waals surface area (Å²) in [6.45, 7) is 0. The van der Waals surface area contributed by atoms with Crippen LogP contribution in [0.5, 0.6) is 0 Å². The van der Waals surface area contributed by atoms with E-state index in [2.05, 4.69) is 15.5 Å². The molecule has 0 atom stereocenters. The topological polar surface area (TPSA) is 112 Å². The smallest absolute Gasteiger partial charge is 0.272 e. The van der Waals surface area contributed by atoms with Crippen molar-refractivity contribution in [1.29, 1.82) is 0 Å². The summed E-state index contributed by atoms with van der Waals surface area (Å²) in [5.41, 5.74) is -0.633. The Morgan fingerprint density at radius 2 is 1.95 bits per heavy atom. The number of hydrogen-bond donors (Lipinski definition) is 3. The van der Waals surface area contributed by atoms with Crippen LogP contribution in [0.2, 0.25) is 0 Å². The minimum Gasteiger partial charge on any atom is -0.325 e. The summed E-state index contributed by atoms with van der Waals surface area (Å²) < 4.78 is 0. The highest BCUT2D eigenvalue weighted by Crippen LogP contribution is 2.17. The first-order valence-corrected chi connectivity index (χ1v) is 6.10. The third kappa shape index (κ3) is 2.82. The zero-order valence-electron chi connectivity index (χ0n) is 10.6. The van der Waals surface area contributed by atoms with Gasteiger partial charge in [0.05, 0.1) is 16.5 Å². The number of fused-ring (bicyclic) bond motifs is 1. The van der Waals surface area contributed by atoms with E-state index in [-0.39, 0.29) is 28.8 Å². The van der Waals surface area contributed by atoms with Crippen LogP contribution in [-0.2, 0) is 9.59 Å². The van der Waals surface area contributed by atoms with Crippen LogP contribution in [0.3, 0.4) is 0 Å². The van der Waals surface area contributed by atoms with Crippen LogP contribution >= 0.6 is 0 Å². The van der Waals surface area contributed by atoms with Gasteiger partial charge in [0.2, 0.25) is 5.91 Å². The van der Waals surface area contributed by atoms with Crippen molar-refractivity contribution < 1.29 is 9.59 Å². The SMILES string of the molecule is O=CCCCC(=O)Nc1cccc2c(=O)[nH][nH]c(=O)c12. The van der Waals surface area contributed by atoms with E-state index in [4.69, 9.17) is 0 Å². The van der Waals surface area contributed by atoms with E-state index >= 15 is 0 Å². The molecule has 104 valence electrons. The van der Waals surface area contributed by atoms with Crippen LogP contribution < -0.4 is 16.4 Å². The molecule has 3 N–H and O–H groups in total. The number of carbonyl (C=O) groups excluding carboxylic acids is 2. The van der Waals surface area contributed by atoms with Gasteiger partial charge in [0, 0.05) is 12.8 Å². The van der Waals surface area contributed by atoms with Crippen LogP contribution in [0.25, 0.3) is 10.8 Å². The maximum absolute atomic E-state index is 11.8. The maximum atomic E-state index is 11.8. The molecule has 1 aromatic heterocycles. The van der Waals surface area contributed by atoms with Gasteiger partial charge in [-0.2, -0.15) is 0 Å². The molecule has 7 nitrogen and oxygen atoms in total. The molecule has 0 spiro atoms. The number of nitrogens with one attached hydrogen (secondary N) is 3. The molecule has 0 radical (unpaired) electrons. The van der Waals surface area contributed by atoms with Gasteiger partial charge in [0.1, 0.15) is 6.29 Å². The third-order valence-electron chi connectivity index (χ3n) is 2.83. The molecule has 0 aliphatic heterocycles. The lowest BCUT2D eigenvalue weighted by atomic mass is 10.1. The number of aldehydes is 1. The van der Waals surface area contributed by atoms with Crippen molar-refractivity contribution in [1.82, 2.24) is 10.2 Å². The molecule has 1 heterocycles. The van der Waals surface area contributed by atoms with Crippen molar-refractivity contribution in [3.63, 3.8) is 0 Å². The summed E-state index contributed by atoms with van der Waals surface area (Å²) >= 11 is 0. The van der Waals surface area contributed by atoms with Crippen molar-refractivity contribution in [2.24, 2.45) is 0 Å². The second kappa shape index (κ2) is 5.96. The molecule has 1 aromatic carbocycles. The first kappa shape index (κ1) is 13.7. The molecule has 0 unspecified atom stereocenters. The van der Waals surface area contributed by atoms with E-state index < -0.39 is 11.1 Å². The predicted octanol–water partition coefficient (Wildman–Crippen LogP) is 0.524. The molecule has 0 saturated carbocycles.